The average Bonchev–Trinajstić information content (AvgIpc) is 3.12. The summed E-state index contributed by atoms with van der Waals surface area (Å²) in [7, 11) is -10.3. The molecule has 0 fully saturated rings. The fourth-order valence-corrected chi connectivity index (χ4v) is 6.59. The van der Waals surface area contributed by atoms with E-state index in [9.17, 15) is 32.4 Å². The number of anilines is 1. The largest absolute Gasteiger partial charge is 2.00 e. The number of nitrogen functional groups attached to an aromatic ring is 1. The number of carbonyl (C=O) groups excluding carboxylic acids is 2. The number of unbranched alkanes of at least 4 members (excludes halogenated alkanes) is 1. The number of rotatable bonds is 18. The molecule has 0 bridgehead atoms. The van der Waals surface area contributed by atoms with Gasteiger partial charge in [-0.3, -0.25) is 4.79 Å². The Morgan fingerprint density at radius 3 is 2.08 bits per heavy atom. The first kappa shape index (κ1) is 30.1. The number of hydrogen-bond acceptors (Lipinski definition) is 10. The molecule has 4 N–H and O–H groups in total. The van der Waals surface area contributed by atoms with E-state index in [1.165, 1.54) is 0 Å². The van der Waals surface area contributed by atoms with Crippen LogP contribution in [0.3, 0.4) is 0 Å². The van der Waals surface area contributed by atoms with Crippen LogP contribution in [-0.2, 0) is 28.6 Å². The van der Waals surface area contributed by atoms with Gasteiger partial charge in [-0.15, -0.1) is 0 Å². The van der Waals surface area contributed by atoms with Crippen LogP contribution in [0.2, 0.25) is 0 Å². The van der Waals surface area contributed by atoms with E-state index < -0.39 is 91.9 Å². The Morgan fingerprint density at radius 2 is 1.57 bits per heavy atom. The normalized spacial score (nSPS) is 17.8. The van der Waals surface area contributed by atoms with Crippen molar-refractivity contribution in [1.29, 1.82) is 0 Å². The molecule has 0 aliphatic rings. The molecule has 0 saturated carbocycles. The third-order valence-electron chi connectivity index (χ3n) is 7.00. The Hall–Kier alpha value is -2.52. The summed E-state index contributed by atoms with van der Waals surface area (Å²) in [6.07, 6.45) is -1.95. The summed E-state index contributed by atoms with van der Waals surface area (Å²) >= 11 is 0. The van der Waals surface area contributed by atoms with E-state index in [2.05, 4.69) is 15.2 Å². The van der Waals surface area contributed by atoms with Crippen molar-refractivity contribution in [2.45, 2.75) is 55.9 Å². The number of carbonyl (C=O) groups is 2. The summed E-state index contributed by atoms with van der Waals surface area (Å²) in [5.74, 6) is -5.32. The van der Waals surface area contributed by atoms with Gasteiger partial charge < -0.3 is 40.0 Å². The topological polar surface area (TPSA) is 203 Å². The molecule has 0 aromatic heterocycles. The van der Waals surface area contributed by atoms with Crippen LogP contribution in [0, 0.1) is 5.89 Å². The number of sulfonamides is 1. The number of amides is 2. The molecule has 2 unspecified atom stereocenters. The minimum atomic E-state index is -6.08. The number of nitrogens with one attached hydrogen (secondary N) is 2. The molecule has 0 heterocycles. The van der Waals surface area contributed by atoms with Crippen LogP contribution >= 0.6 is 7.82 Å². The number of hydrogen-bond donors (Lipinski definition) is 3. The van der Waals surface area contributed by atoms with E-state index in [0.29, 0.717) is 11.1 Å². The van der Waals surface area contributed by atoms with Gasteiger partial charge in [0.2, 0.25) is 15.9 Å². The number of methoxy groups -OCH3 is 1. The maximum atomic E-state index is 14.2. The maximum Gasteiger partial charge on any atom is 2.00 e. The van der Waals surface area contributed by atoms with E-state index in [4.69, 9.17) is 22.8 Å². The van der Waals surface area contributed by atoms with Crippen molar-refractivity contribution in [3.63, 3.8) is 0 Å². The molecule has 262 valence electrons. The number of phosphoric acid groups is 1. The zero-order valence-corrected chi connectivity index (χ0v) is 30.5. The van der Waals surface area contributed by atoms with Gasteiger partial charge in [0.1, 0.15) is 6.04 Å². The molecule has 0 radical (unpaired) electrons. The van der Waals surface area contributed by atoms with E-state index in [0.717, 1.165) is 31.4 Å². The van der Waals surface area contributed by atoms with Crippen LogP contribution in [0.4, 0.5) is 10.5 Å². The number of phosphoric ester groups is 1. The maximum absolute atomic E-state index is 14.2. The van der Waals surface area contributed by atoms with Gasteiger partial charge in [0, 0.05) is 41.7 Å². The number of benzene rings is 3. The number of ether oxygens (including phenoxy) is 1. The van der Waals surface area contributed by atoms with Gasteiger partial charge in [0.15, 0.2) is 0 Å². The van der Waals surface area contributed by atoms with Crippen LogP contribution in [0.15, 0.2) is 89.8 Å². The Morgan fingerprint density at radius 1 is 1.00 bits per heavy atom. The summed E-state index contributed by atoms with van der Waals surface area (Å²) in [4.78, 5) is 48.9. The second-order valence-corrected chi connectivity index (χ2v) is 13.4. The zero-order valence-electron chi connectivity index (χ0n) is 35.6. The monoisotopic (exact) mass is 751 g/mol. The average molecular weight is 752 g/mol. The van der Waals surface area contributed by atoms with Crippen molar-refractivity contribution in [2.75, 3.05) is 32.5 Å². The second-order valence-electron chi connectivity index (χ2n) is 10.4. The van der Waals surface area contributed by atoms with E-state index >= 15 is 0 Å². The summed E-state index contributed by atoms with van der Waals surface area (Å²) in [6.45, 7) is -13.7. The Labute approximate surface area is 330 Å². The SMILES string of the molecule is [2H]C(OP(=O)([O-])[O-])[C@H](CCCCNC(=O)[C@@H](NC(=O)OC)C(c1ccccc1)c1ccccc1)N(C([2H])C([2H])(C([2H])([2H])[2H])C([2H])([2H])[2H])S(=O)(=O)c1ccc(N)cc1.[Ca+2]. The van der Waals surface area contributed by atoms with Gasteiger partial charge in [0.25, 0.3) is 0 Å². The summed E-state index contributed by atoms with van der Waals surface area (Å²) in [5, 5.41) is 5.21. The zero-order chi connectivity index (χ0) is 43.0. The summed E-state index contributed by atoms with van der Waals surface area (Å²) in [6, 6.07) is 18.0. The molecule has 0 aliphatic heterocycles. The molecule has 3 aromatic rings. The summed E-state index contributed by atoms with van der Waals surface area (Å²) < 4.78 is 122. The van der Waals surface area contributed by atoms with Gasteiger partial charge in [0.05, 0.1) is 27.8 Å². The van der Waals surface area contributed by atoms with Crippen molar-refractivity contribution in [3.05, 3.63) is 96.1 Å². The molecular formula is C33H43CaN4O9PS. The van der Waals surface area contributed by atoms with Crippen LogP contribution in [-0.4, -0.2) is 101 Å². The van der Waals surface area contributed by atoms with E-state index in [-0.39, 0.29) is 67.1 Å². The fraction of sp³-hybridized carbons (Fsp3) is 0.394. The van der Waals surface area contributed by atoms with Crippen molar-refractivity contribution >= 4 is 73.3 Å². The first-order valence-electron chi connectivity index (χ1n) is 19.2. The molecule has 0 spiro atoms. The third-order valence-corrected chi connectivity index (χ3v) is 9.18. The molecule has 49 heavy (non-hydrogen) atoms. The van der Waals surface area contributed by atoms with Gasteiger partial charge in [-0.1, -0.05) is 80.8 Å². The number of nitrogens with zero attached hydrogens (tertiary/aromatic N) is 1. The molecule has 4 atom stereocenters. The predicted octanol–water partition coefficient (Wildman–Crippen LogP) is 2.59. The second kappa shape index (κ2) is 20.4. The Balaban J connectivity index is 0.0000116. The molecule has 3 rings (SSSR count). The van der Waals surface area contributed by atoms with Crippen LogP contribution in [0.5, 0.6) is 0 Å². The van der Waals surface area contributed by atoms with Gasteiger partial charge >= 0.3 is 43.8 Å². The molecule has 16 heteroatoms. The smallest absolute Gasteiger partial charge is 0.790 e. The van der Waals surface area contributed by atoms with E-state index in [1.54, 1.807) is 60.7 Å². The minimum Gasteiger partial charge on any atom is -0.790 e. The number of nitrogens with two attached hydrogens (primary N) is 1. The molecule has 0 saturated heterocycles. The van der Waals surface area contributed by atoms with Gasteiger partial charge in [-0.2, -0.15) is 4.31 Å². The summed E-state index contributed by atoms with van der Waals surface area (Å²) in [5.41, 5.74) is 7.05. The van der Waals surface area contributed by atoms with Crippen molar-refractivity contribution < 1.29 is 54.0 Å². The van der Waals surface area contributed by atoms with Crippen LogP contribution < -0.4 is 26.2 Å². The molecule has 3 aromatic carbocycles. The van der Waals surface area contributed by atoms with Gasteiger partial charge in [-0.05, 0) is 54.1 Å². The van der Waals surface area contributed by atoms with Crippen LogP contribution in [0.1, 0.15) is 62.3 Å². The van der Waals surface area contributed by atoms with E-state index in [1.807, 2.05) is 0 Å². The van der Waals surface area contributed by atoms with Crippen molar-refractivity contribution in [2.24, 2.45) is 5.89 Å². The minimum absolute atomic E-state index is 0. The molecule has 13 nitrogen and oxygen atoms in total. The molecule has 0 aliphatic carbocycles. The first-order chi connectivity index (χ1) is 26.4. The standard InChI is InChI=1S/C33H45N4O9PS.Ca/c1-24(2)22-37(48(43,44)29-19-17-27(34)18-20-29)28(23-46-47(40,41)42)16-10-11-21-35-32(38)31(36-33(39)45-3)30(25-12-6-4-7-13-25)26-14-8-5-9-15-26;/h4-9,12-15,17-20,24,28,30-31H,10-11,16,21-23,34H2,1-3H3,(H,35,38)(H,36,39)(H2,40,41,42);/q;+2/p-2/t28-,31-;/m0./s1/i1D3,2D3,22D,23D,24D;/t22?,23?,28-,31-;. The van der Waals surface area contributed by atoms with Crippen LogP contribution in [0.25, 0.3) is 0 Å². The first-order valence-corrected chi connectivity index (χ1v) is 17.4. The fourth-order valence-electron chi connectivity index (χ4n) is 4.82. The molecular weight excluding hydrogens is 700 g/mol. The third kappa shape index (κ3) is 13.6. The number of alkyl carbamates (subject to hydrolysis) is 1. The van der Waals surface area contributed by atoms with Crippen molar-refractivity contribution in [3.8, 4) is 0 Å². The van der Waals surface area contributed by atoms with Crippen molar-refractivity contribution in [1.82, 2.24) is 14.9 Å². The Bertz CT molecular complexity index is 1900. The molecule has 2 amide bonds. The van der Waals surface area contributed by atoms with Gasteiger partial charge in [-0.25, -0.2) is 13.2 Å². The Kier molecular flexibility index (Phi) is 12.5. The quantitative estimate of drug-likeness (QED) is 0.0751. The predicted molar refractivity (Wildman–Crippen MR) is 184 cm³/mol.